The van der Waals surface area contributed by atoms with Gasteiger partial charge in [-0.25, -0.2) is 0 Å². The standard InChI is InChI=1S/C20H11Cl2NO2S2/c21-11-7-8-12(14(22)10-11)19(25)23-20-17(16-6-3-9-26-16)18(24)13-4-1-2-5-15(13)27-20/h1-10H,(H,23,25). The summed E-state index contributed by atoms with van der Waals surface area (Å²) in [6, 6.07) is 15.8. The lowest BCUT2D eigenvalue weighted by Gasteiger charge is -2.11. The van der Waals surface area contributed by atoms with E-state index < -0.39 is 0 Å². The SMILES string of the molecule is O=C(Nc1sc2ccccc2c(=O)c1-c1cccs1)c1ccc(Cl)cc1Cl. The predicted molar refractivity (Wildman–Crippen MR) is 116 cm³/mol. The molecule has 1 amide bonds. The Labute approximate surface area is 172 Å². The number of nitrogens with one attached hydrogen (secondary N) is 1. The van der Waals surface area contributed by atoms with Gasteiger partial charge < -0.3 is 5.32 Å². The van der Waals surface area contributed by atoms with Crippen LogP contribution in [0.15, 0.2) is 64.8 Å². The minimum atomic E-state index is -0.389. The number of hydrogen-bond donors (Lipinski definition) is 1. The first kappa shape index (κ1) is 18.2. The van der Waals surface area contributed by atoms with E-state index in [0.29, 0.717) is 26.5 Å². The van der Waals surface area contributed by atoms with Crippen LogP contribution >= 0.6 is 45.9 Å². The molecule has 7 heteroatoms. The second-order valence-electron chi connectivity index (χ2n) is 5.69. The molecule has 4 aromatic rings. The summed E-state index contributed by atoms with van der Waals surface area (Å²) in [5.41, 5.74) is 0.683. The van der Waals surface area contributed by atoms with E-state index in [0.717, 1.165) is 9.58 Å². The quantitative estimate of drug-likeness (QED) is 0.399. The Morgan fingerprint density at radius 2 is 1.81 bits per heavy atom. The van der Waals surface area contributed by atoms with E-state index >= 15 is 0 Å². The van der Waals surface area contributed by atoms with Crippen molar-refractivity contribution in [2.45, 2.75) is 0 Å². The number of hydrogen-bond acceptors (Lipinski definition) is 4. The molecule has 134 valence electrons. The first-order valence-electron chi connectivity index (χ1n) is 7.91. The highest BCUT2D eigenvalue weighted by Gasteiger charge is 2.19. The predicted octanol–water partition coefficient (Wildman–Crippen LogP) is 6.55. The maximum Gasteiger partial charge on any atom is 0.257 e. The number of anilines is 1. The number of amides is 1. The zero-order chi connectivity index (χ0) is 19.0. The van der Waals surface area contributed by atoms with Gasteiger partial charge in [-0.05, 0) is 41.8 Å². The van der Waals surface area contributed by atoms with Crippen LogP contribution in [0.5, 0.6) is 0 Å². The Hall–Kier alpha value is -2.18. The second kappa shape index (κ2) is 7.44. The molecule has 0 atom stereocenters. The summed E-state index contributed by atoms with van der Waals surface area (Å²) >= 11 is 14.9. The highest BCUT2D eigenvalue weighted by molar-refractivity contribution is 7.23. The van der Waals surface area contributed by atoms with Gasteiger partial charge in [0.1, 0.15) is 5.00 Å². The van der Waals surface area contributed by atoms with Gasteiger partial charge in [0.15, 0.2) is 5.43 Å². The summed E-state index contributed by atoms with van der Waals surface area (Å²) in [4.78, 5) is 26.7. The summed E-state index contributed by atoms with van der Waals surface area (Å²) in [6.07, 6.45) is 0. The van der Waals surface area contributed by atoms with Crippen LogP contribution in [0.1, 0.15) is 10.4 Å². The molecule has 0 spiro atoms. The highest BCUT2D eigenvalue weighted by Crippen LogP contribution is 2.36. The molecule has 0 unspecified atom stereocenters. The van der Waals surface area contributed by atoms with Gasteiger partial charge in [0.25, 0.3) is 5.91 Å². The van der Waals surface area contributed by atoms with Gasteiger partial charge in [0.2, 0.25) is 0 Å². The Balaban J connectivity index is 1.86. The van der Waals surface area contributed by atoms with Crippen molar-refractivity contribution in [3.63, 3.8) is 0 Å². The van der Waals surface area contributed by atoms with Crippen molar-refractivity contribution in [3.8, 4) is 10.4 Å². The topological polar surface area (TPSA) is 46.2 Å². The Kier molecular flexibility index (Phi) is 5.02. The molecule has 0 saturated carbocycles. The minimum Gasteiger partial charge on any atom is -0.313 e. The lowest BCUT2D eigenvalue weighted by Crippen LogP contribution is -2.15. The van der Waals surface area contributed by atoms with E-state index in [2.05, 4.69) is 5.32 Å². The van der Waals surface area contributed by atoms with Gasteiger partial charge in [0.05, 0.1) is 16.1 Å². The average Bonchev–Trinajstić information content (AvgIpc) is 3.16. The molecule has 0 bridgehead atoms. The van der Waals surface area contributed by atoms with Crippen LogP contribution in [-0.4, -0.2) is 5.91 Å². The third-order valence-electron chi connectivity index (χ3n) is 3.97. The fourth-order valence-electron chi connectivity index (χ4n) is 2.72. The van der Waals surface area contributed by atoms with Crippen LogP contribution in [0.2, 0.25) is 10.0 Å². The smallest absolute Gasteiger partial charge is 0.257 e. The van der Waals surface area contributed by atoms with Crippen LogP contribution in [0.3, 0.4) is 0 Å². The number of fused-ring (bicyclic) bond motifs is 1. The summed E-state index contributed by atoms with van der Waals surface area (Å²) in [7, 11) is 0. The maximum absolute atomic E-state index is 13.1. The fourth-order valence-corrected chi connectivity index (χ4v) is 5.14. The van der Waals surface area contributed by atoms with Gasteiger partial charge in [-0.15, -0.1) is 22.7 Å². The first-order chi connectivity index (χ1) is 13.0. The Morgan fingerprint density at radius 3 is 2.56 bits per heavy atom. The molecule has 0 saturated heterocycles. The molecular weight excluding hydrogens is 421 g/mol. The molecule has 0 aliphatic heterocycles. The summed E-state index contributed by atoms with van der Waals surface area (Å²) < 4.78 is 0.806. The number of halogens is 2. The summed E-state index contributed by atoms with van der Waals surface area (Å²) in [6.45, 7) is 0. The van der Waals surface area contributed by atoms with Crippen LogP contribution in [0, 0.1) is 0 Å². The van der Waals surface area contributed by atoms with E-state index in [1.807, 2.05) is 35.7 Å². The van der Waals surface area contributed by atoms with Crippen molar-refractivity contribution in [3.05, 3.63) is 85.8 Å². The number of carbonyl (C=O) groups excluding carboxylic acids is 1. The molecule has 2 heterocycles. The fraction of sp³-hybridized carbons (Fsp3) is 0. The second-order valence-corrected chi connectivity index (χ2v) is 8.53. The monoisotopic (exact) mass is 431 g/mol. The van der Waals surface area contributed by atoms with Crippen molar-refractivity contribution in [2.24, 2.45) is 0 Å². The lowest BCUT2D eigenvalue weighted by atomic mass is 10.1. The molecule has 0 radical (unpaired) electrons. The molecular formula is C20H11Cl2NO2S2. The van der Waals surface area contributed by atoms with Crippen LogP contribution in [0.4, 0.5) is 5.00 Å². The number of benzene rings is 2. The van der Waals surface area contributed by atoms with E-state index in [1.54, 1.807) is 18.2 Å². The average molecular weight is 432 g/mol. The molecule has 1 N–H and O–H groups in total. The van der Waals surface area contributed by atoms with Crippen molar-refractivity contribution in [2.75, 3.05) is 5.32 Å². The van der Waals surface area contributed by atoms with E-state index in [1.165, 1.54) is 28.7 Å². The molecule has 4 rings (SSSR count). The normalized spacial score (nSPS) is 10.9. The van der Waals surface area contributed by atoms with E-state index in [-0.39, 0.29) is 16.4 Å². The molecule has 27 heavy (non-hydrogen) atoms. The zero-order valence-electron chi connectivity index (χ0n) is 13.7. The third-order valence-corrected chi connectivity index (χ3v) is 6.49. The molecule has 0 aliphatic rings. The highest BCUT2D eigenvalue weighted by atomic mass is 35.5. The van der Waals surface area contributed by atoms with Crippen molar-refractivity contribution in [1.82, 2.24) is 0 Å². The van der Waals surface area contributed by atoms with Crippen molar-refractivity contribution < 1.29 is 4.79 Å². The van der Waals surface area contributed by atoms with Crippen molar-refractivity contribution >= 4 is 66.9 Å². The zero-order valence-corrected chi connectivity index (χ0v) is 16.8. The summed E-state index contributed by atoms with van der Waals surface area (Å²) in [5.74, 6) is -0.389. The number of carbonyl (C=O) groups is 1. The van der Waals surface area contributed by atoms with Crippen LogP contribution in [0.25, 0.3) is 20.5 Å². The molecule has 3 nitrogen and oxygen atoms in total. The van der Waals surface area contributed by atoms with E-state index in [4.69, 9.17) is 23.2 Å². The van der Waals surface area contributed by atoms with Gasteiger partial charge >= 0.3 is 0 Å². The Bertz CT molecular complexity index is 1220. The van der Waals surface area contributed by atoms with Crippen LogP contribution in [-0.2, 0) is 0 Å². The largest absolute Gasteiger partial charge is 0.313 e. The minimum absolute atomic E-state index is 0.107. The molecule has 0 aliphatic carbocycles. The molecule has 2 aromatic carbocycles. The van der Waals surface area contributed by atoms with Gasteiger partial charge in [-0.2, -0.15) is 0 Å². The third kappa shape index (κ3) is 3.51. The van der Waals surface area contributed by atoms with Gasteiger partial charge in [0, 0.05) is 20.0 Å². The number of rotatable bonds is 3. The summed E-state index contributed by atoms with van der Waals surface area (Å²) in [5, 5.41) is 6.60. The lowest BCUT2D eigenvalue weighted by molar-refractivity contribution is 0.102. The van der Waals surface area contributed by atoms with Crippen molar-refractivity contribution in [1.29, 1.82) is 0 Å². The Morgan fingerprint density at radius 1 is 1.00 bits per heavy atom. The van der Waals surface area contributed by atoms with E-state index in [9.17, 15) is 9.59 Å². The first-order valence-corrected chi connectivity index (χ1v) is 10.4. The maximum atomic E-state index is 13.1. The number of thiophene rings is 1. The molecule has 2 aromatic heterocycles. The van der Waals surface area contributed by atoms with Gasteiger partial charge in [-0.1, -0.05) is 41.4 Å². The van der Waals surface area contributed by atoms with Gasteiger partial charge in [-0.3, -0.25) is 9.59 Å². The van der Waals surface area contributed by atoms with Crippen LogP contribution < -0.4 is 10.7 Å². The molecule has 0 fully saturated rings.